The quantitative estimate of drug-likeness (QED) is 0.695. The molecule has 3 heteroatoms. The molecular formula is C13H29NOS. The number of thiol groups is 1. The van der Waals surface area contributed by atoms with E-state index in [1.54, 1.807) is 7.11 Å². The molecule has 0 bridgehead atoms. The molecular weight excluding hydrogens is 218 g/mol. The number of methoxy groups -OCH3 is 1. The predicted molar refractivity (Wildman–Crippen MR) is 75.4 cm³/mol. The molecule has 0 rings (SSSR count). The van der Waals surface area contributed by atoms with Crippen molar-refractivity contribution in [2.24, 2.45) is 11.3 Å². The highest BCUT2D eigenvalue weighted by atomic mass is 32.1. The Kier molecular flexibility index (Phi) is 7.70. The van der Waals surface area contributed by atoms with Crippen LogP contribution in [0.3, 0.4) is 0 Å². The fourth-order valence-electron chi connectivity index (χ4n) is 1.66. The van der Waals surface area contributed by atoms with Gasteiger partial charge in [0.05, 0.1) is 6.61 Å². The summed E-state index contributed by atoms with van der Waals surface area (Å²) in [5.74, 6) is 1.56. The minimum Gasteiger partial charge on any atom is -0.383 e. The van der Waals surface area contributed by atoms with Crippen molar-refractivity contribution in [2.75, 3.05) is 32.6 Å². The number of rotatable bonds is 7. The van der Waals surface area contributed by atoms with Crippen LogP contribution in [-0.4, -0.2) is 43.5 Å². The van der Waals surface area contributed by atoms with Crippen molar-refractivity contribution >= 4 is 12.6 Å². The van der Waals surface area contributed by atoms with Gasteiger partial charge in [0, 0.05) is 26.2 Å². The third kappa shape index (κ3) is 6.12. The lowest BCUT2D eigenvalue weighted by Crippen LogP contribution is -2.41. The number of hydrogen-bond donors (Lipinski definition) is 1. The predicted octanol–water partition coefficient (Wildman–Crippen LogP) is 2.94. The molecule has 0 aliphatic carbocycles. The molecule has 0 spiro atoms. The van der Waals surface area contributed by atoms with Gasteiger partial charge in [0.2, 0.25) is 0 Å². The average molecular weight is 247 g/mol. The SMILES string of the molecule is COCCN(CC(CS)C(C)(C)C)C(C)C. The Balaban J connectivity index is 4.35. The Morgan fingerprint density at radius 1 is 1.25 bits per heavy atom. The maximum atomic E-state index is 5.16. The highest BCUT2D eigenvalue weighted by Crippen LogP contribution is 2.28. The molecule has 0 radical (unpaired) electrons. The summed E-state index contributed by atoms with van der Waals surface area (Å²) >= 11 is 4.49. The molecule has 0 N–H and O–H groups in total. The highest BCUT2D eigenvalue weighted by molar-refractivity contribution is 7.80. The van der Waals surface area contributed by atoms with Crippen LogP contribution in [0.2, 0.25) is 0 Å². The van der Waals surface area contributed by atoms with Crippen LogP contribution >= 0.6 is 12.6 Å². The zero-order valence-corrected chi connectivity index (χ0v) is 12.7. The maximum absolute atomic E-state index is 5.16. The average Bonchev–Trinajstić information content (AvgIpc) is 2.15. The van der Waals surface area contributed by atoms with Gasteiger partial charge in [-0.25, -0.2) is 0 Å². The molecule has 0 heterocycles. The van der Waals surface area contributed by atoms with Crippen LogP contribution in [0.25, 0.3) is 0 Å². The van der Waals surface area contributed by atoms with E-state index in [4.69, 9.17) is 4.74 Å². The first kappa shape index (κ1) is 16.3. The van der Waals surface area contributed by atoms with E-state index < -0.39 is 0 Å². The normalized spacial score (nSPS) is 14.8. The Bertz CT molecular complexity index is 177. The van der Waals surface area contributed by atoms with E-state index in [1.807, 2.05) is 0 Å². The Morgan fingerprint density at radius 3 is 2.12 bits per heavy atom. The standard InChI is InChI=1S/C13H29NOS/c1-11(2)14(7-8-15-6)9-12(10-16)13(3,4)5/h11-12,16H,7-10H2,1-6H3. The molecule has 0 aromatic rings. The van der Waals surface area contributed by atoms with Gasteiger partial charge in [-0.2, -0.15) is 12.6 Å². The van der Waals surface area contributed by atoms with E-state index in [1.165, 1.54) is 0 Å². The second-order valence-electron chi connectivity index (χ2n) is 5.83. The van der Waals surface area contributed by atoms with Gasteiger partial charge in [0.15, 0.2) is 0 Å². The summed E-state index contributed by atoms with van der Waals surface area (Å²) in [6.45, 7) is 14.3. The van der Waals surface area contributed by atoms with E-state index >= 15 is 0 Å². The van der Waals surface area contributed by atoms with Crippen molar-refractivity contribution in [3.63, 3.8) is 0 Å². The van der Waals surface area contributed by atoms with E-state index in [2.05, 4.69) is 52.1 Å². The molecule has 0 saturated carbocycles. The molecule has 0 aliphatic heterocycles. The smallest absolute Gasteiger partial charge is 0.0589 e. The van der Waals surface area contributed by atoms with E-state index in [9.17, 15) is 0 Å². The zero-order chi connectivity index (χ0) is 12.8. The first-order valence-corrected chi connectivity index (χ1v) is 6.80. The largest absolute Gasteiger partial charge is 0.383 e. The highest BCUT2D eigenvalue weighted by Gasteiger charge is 2.26. The number of nitrogens with zero attached hydrogens (tertiary/aromatic N) is 1. The summed E-state index contributed by atoms with van der Waals surface area (Å²) in [6.07, 6.45) is 0. The van der Waals surface area contributed by atoms with Gasteiger partial charge in [-0.15, -0.1) is 0 Å². The molecule has 0 amide bonds. The van der Waals surface area contributed by atoms with Gasteiger partial charge in [0.25, 0.3) is 0 Å². The minimum atomic E-state index is 0.321. The van der Waals surface area contributed by atoms with Crippen LogP contribution in [0, 0.1) is 11.3 Å². The topological polar surface area (TPSA) is 12.5 Å². The molecule has 0 fully saturated rings. The van der Waals surface area contributed by atoms with Crippen molar-refractivity contribution in [1.82, 2.24) is 4.90 Å². The molecule has 0 aromatic carbocycles. The van der Waals surface area contributed by atoms with Crippen molar-refractivity contribution in [1.29, 1.82) is 0 Å². The molecule has 2 nitrogen and oxygen atoms in total. The summed E-state index contributed by atoms with van der Waals surface area (Å²) in [7, 11) is 1.76. The van der Waals surface area contributed by atoms with Gasteiger partial charge >= 0.3 is 0 Å². The summed E-state index contributed by atoms with van der Waals surface area (Å²) in [5.41, 5.74) is 0.321. The zero-order valence-electron chi connectivity index (χ0n) is 11.8. The summed E-state index contributed by atoms with van der Waals surface area (Å²) in [6, 6.07) is 0.569. The third-order valence-corrected chi connectivity index (χ3v) is 3.65. The Morgan fingerprint density at radius 2 is 1.81 bits per heavy atom. The lowest BCUT2D eigenvalue weighted by Gasteiger charge is -2.36. The fraction of sp³-hybridized carbons (Fsp3) is 1.00. The van der Waals surface area contributed by atoms with Crippen LogP contribution in [-0.2, 0) is 4.74 Å². The van der Waals surface area contributed by atoms with Crippen molar-refractivity contribution in [3.05, 3.63) is 0 Å². The third-order valence-electron chi connectivity index (χ3n) is 3.21. The van der Waals surface area contributed by atoms with Gasteiger partial charge in [-0.3, -0.25) is 4.90 Å². The Labute approximate surface area is 107 Å². The van der Waals surface area contributed by atoms with E-state index in [0.29, 0.717) is 17.4 Å². The van der Waals surface area contributed by atoms with Gasteiger partial charge < -0.3 is 4.74 Å². The lowest BCUT2D eigenvalue weighted by molar-refractivity contribution is 0.0967. The summed E-state index contributed by atoms with van der Waals surface area (Å²) in [5, 5.41) is 0. The van der Waals surface area contributed by atoms with Crippen LogP contribution in [0.1, 0.15) is 34.6 Å². The van der Waals surface area contributed by atoms with Crippen LogP contribution < -0.4 is 0 Å². The van der Waals surface area contributed by atoms with Crippen LogP contribution in [0.5, 0.6) is 0 Å². The number of ether oxygens (including phenoxy) is 1. The summed E-state index contributed by atoms with van der Waals surface area (Å²) in [4.78, 5) is 2.48. The van der Waals surface area contributed by atoms with Gasteiger partial charge in [-0.05, 0) is 30.9 Å². The van der Waals surface area contributed by atoms with Crippen molar-refractivity contribution in [2.45, 2.75) is 40.7 Å². The molecule has 0 aliphatic rings. The Hall–Kier alpha value is 0.270. The molecule has 1 unspecified atom stereocenters. The van der Waals surface area contributed by atoms with E-state index in [0.717, 1.165) is 25.4 Å². The molecule has 16 heavy (non-hydrogen) atoms. The van der Waals surface area contributed by atoms with Crippen molar-refractivity contribution in [3.8, 4) is 0 Å². The molecule has 0 aromatic heterocycles. The first-order chi connectivity index (χ1) is 7.32. The van der Waals surface area contributed by atoms with Gasteiger partial charge in [0.1, 0.15) is 0 Å². The first-order valence-electron chi connectivity index (χ1n) is 6.16. The second-order valence-corrected chi connectivity index (χ2v) is 6.19. The fourth-order valence-corrected chi connectivity index (χ4v) is 2.32. The summed E-state index contributed by atoms with van der Waals surface area (Å²) < 4.78 is 5.16. The lowest BCUT2D eigenvalue weighted by atomic mass is 9.81. The molecule has 0 saturated heterocycles. The van der Waals surface area contributed by atoms with E-state index in [-0.39, 0.29) is 0 Å². The monoisotopic (exact) mass is 247 g/mol. The number of hydrogen-bond acceptors (Lipinski definition) is 3. The van der Waals surface area contributed by atoms with Crippen molar-refractivity contribution < 1.29 is 4.74 Å². The van der Waals surface area contributed by atoms with Gasteiger partial charge in [-0.1, -0.05) is 20.8 Å². The minimum absolute atomic E-state index is 0.321. The second kappa shape index (κ2) is 7.57. The maximum Gasteiger partial charge on any atom is 0.0589 e. The molecule has 98 valence electrons. The van der Waals surface area contributed by atoms with Crippen LogP contribution in [0.4, 0.5) is 0 Å². The van der Waals surface area contributed by atoms with Crippen LogP contribution in [0.15, 0.2) is 0 Å². The molecule has 1 atom stereocenters.